The number of nitrogens with one attached hydrogen (secondary N) is 1. The maximum atomic E-state index is 11.5. The summed E-state index contributed by atoms with van der Waals surface area (Å²) in [5, 5.41) is 12.1. The smallest absolute Gasteiger partial charge is 0.303 e. The number of esters is 4. The third kappa shape index (κ3) is 6.04. The van der Waals surface area contributed by atoms with Crippen molar-refractivity contribution in [3.63, 3.8) is 0 Å². The van der Waals surface area contributed by atoms with Crippen LogP contribution in [0.25, 0.3) is 0 Å². The Morgan fingerprint density at radius 1 is 0.840 bits per heavy atom. The summed E-state index contributed by atoms with van der Waals surface area (Å²) < 4.78 is 20.3. The van der Waals surface area contributed by atoms with Crippen molar-refractivity contribution in [2.75, 3.05) is 6.61 Å². The second kappa shape index (κ2) is 8.98. The second-order valence-electron chi connectivity index (χ2n) is 5.40. The number of hydrogen-bond acceptors (Lipinski definition) is 10. The molecule has 1 saturated heterocycles. The summed E-state index contributed by atoms with van der Waals surface area (Å²) in [6.07, 6.45) is -3.57. The van der Waals surface area contributed by atoms with Crippen LogP contribution in [-0.2, 0) is 38.1 Å². The van der Waals surface area contributed by atoms with Crippen molar-refractivity contribution in [2.24, 2.45) is 0 Å². The van der Waals surface area contributed by atoms with E-state index in [0.717, 1.165) is 20.8 Å². The van der Waals surface area contributed by atoms with Crippen molar-refractivity contribution in [2.45, 2.75) is 58.1 Å². The normalized spacial score (nSPS) is 28.2. The molecule has 0 saturated carbocycles. The van der Waals surface area contributed by atoms with Gasteiger partial charge in [-0.1, -0.05) is 0 Å². The van der Waals surface area contributed by atoms with Crippen LogP contribution in [0.5, 0.6) is 0 Å². The number of piperidine rings is 1. The molecule has 0 unspecified atom stereocenters. The fourth-order valence-corrected chi connectivity index (χ4v) is 2.48. The first-order chi connectivity index (χ1) is 11.6. The molecule has 5 atom stereocenters. The van der Waals surface area contributed by atoms with Crippen molar-refractivity contribution in [3.8, 4) is 6.07 Å². The van der Waals surface area contributed by atoms with Crippen LogP contribution in [0.1, 0.15) is 27.7 Å². The Kier molecular flexibility index (Phi) is 7.32. The van der Waals surface area contributed by atoms with Gasteiger partial charge in [0.2, 0.25) is 0 Å². The van der Waals surface area contributed by atoms with Gasteiger partial charge in [-0.05, 0) is 0 Å². The average molecular weight is 356 g/mol. The molecule has 1 rings (SSSR count). The van der Waals surface area contributed by atoms with E-state index in [1.54, 1.807) is 0 Å². The maximum absolute atomic E-state index is 11.5. The van der Waals surface area contributed by atoms with Gasteiger partial charge in [0.25, 0.3) is 0 Å². The number of nitriles is 1. The second-order valence-corrected chi connectivity index (χ2v) is 5.40. The van der Waals surface area contributed by atoms with Gasteiger partial charge in [-0.2, -0.15) is 5.26 Å². The Morgan fingerprint density at radius 3 is 1.76 bits per heavy atom. The quantitative estimate of drug-likeness (QED) is 0.492. The van der Waals surface area contributed by atoms with Crippen LogP contribution in [0.15, 0.2) is 0 Å². The number of rotatable bonds is 5. The zero-order chi connectivity index (χ0) is 19.1. The summed E-state index contributed by atoms with van der Waals surface area (Å²) in [4.78, 5) is 45.3. The first-order valence-electron chi connectivity index (χ1n) is 7.46. The number of nitrogens with zero attached hydrogens (tertiary/aromatic N) is 1. The third-order valence-electron chi connectivity index (χ3n) is 3.28. The number of carbonyl (C=O) groups excluding carboxylic acids is 4. The van der Waals surface area contributed by atoms with Gasteiger partial charge < -0.3 is 18.9 Å². The molecular formula is C15H20N2O8. The van der Waals surface area contributed by atoms with E-state index in [1.807, 2.05) is 6.07 Å². The highest BCUT2D eigenvalue weighted by Crippen LogP contribution is 2.25. The van der Waals surface area contributed by atoms with Crippen LogP contribution in [0.4, 0.5) is 0 Å². The van der Waals surface area contributed by atoms with Gasteiger partial charge in [0, 0.05) is 27.7 Å². The van der Waals surface area contributed by atoms with Crippen molar-refractivity contribution < 1.29 is 38.1 Å². The lowest BCUT2D eigenvalue weighted by Crippen LogP contribution is -2.68. The lowest BCUT2D eigenvalue weighted by molar-refractivity contribution is -0.196. The number of carbonyl (C=O) groups is 4. The van der Waals surface area contributed by atoms with E-state index in [-0.39, 0.29) is 6.61 Å². The minimum atomic E-state index is -1.24. The monoisotopic (exact) mass is 356 g/mol. The molecule has 1 aliphatic rings. The highest BCUT2D eigenvalue weighted by molar-refractivity contribution is 5.69. The van der Waals surface area contributed by atoms with E-state index in [0.29, 0.717) is 0 Å². The molecule has 10 nitrogen and oxygen atoms in total. The predicted octanol–water partition coefficient (Wildman–Crippen LogP) is -0.791. The molecule has 0 spiro atoms. The SMILES string of the molecule is CC(=O)OC[C@H]1N[C@H](C#N)[C@H](OC(C)=O)[C@@H](OC(C)=O)[C@@H]1OC(C)=O. The molecule has 10 heteroatoms. The van der Waals surface area contributed by atoms with Crippen LogP contribution in [0.2, 0.25) is 0 Å². The molecule has 138 valence electrons. The molecule has 1 fully saturated rings. The highest BCUT2D eigenvalue weighted by Gasteiger charge is 2.51. The van der Waals surface area contributed by atoms with Crippen LogP contribution >= 0.6 is 0 Å². The molecule has 0 amide bonds. The van der Waals surface area contributed by atoms with Crippen molar-refractivity contribution in [3.05, 3.63) is 0 Å². The average Bonchev–Trinajstić information content (AvgIpc) is 2.48. The molecule has 1 heterocycles. The fourth-order valence-electron chi connectivity index (χ4n) is 2.48. The fraction of sp³-hybridized carbons (Fsp3) is 0.667. The molecule has 0 aromatic heterocycles. The van der Waals surface area contributed by atoms with Gasteiger partial charge >= 0.3 is 23.9 Å². The lowest BCUT2D eigenvalue weighted by atomic mass is 9.90. The molecule has 0 aromatic rings. The lowest BCUT2D eigenvalue weighted by Gasteiger charge is -2.43. The highest BCUT2D eigenvalue weighted by atomic mass is 16.6. The van der Waals surface area contributed by atoms with E-state index < -0.39 is 54.3 Å². The predicted molar refractivity (Wildman–Crippen MR) is 79.6 cm³/mol. The zero-order valence-electron chi connectivity index (χ0n) is 14.3. The van der Waals surface area contributed by atoms with Crippen LogP contribution < -0.4 is 5.32 Å². The Balaban J connectivity index is 3.21. The van der Waals surface area contributed by atoms with E-state index in [9.17, 15) is 24.4 Å². The Morgan fingerprint density at radius 2 is 1.32 bits per heavy atom. The summed E-state index contributed by atoms with van der Waals surface area (Å²) in [5.74, 6) is -2.69. The van der Waals surface area contributed by atoms with Gasteiger partial charge in [-0.3, -0.25) is 24.5 Å². The molecule has 0 aromatic carbocycles. The molecule has 0 radical (unpaired) electrons. The van der Waals surface area contributed by atoms with Crippen molar-refractivity contribution in [1.29, 1.82) is 5.26 Å². The first kappa shape index (κ1) is 20.4. The minimum absolute atomic E-state index is 0.240. The summed E-state index contributed by atoms with van der Waals surface area (Å²) in [6, 6.07) is -0.0146. The van der Waals surface area contributed by atoms with Crippen LogP contribution in [-0.4, -0.2) is 60.9 Å². The van der Waals surface area contributed by atoms with E-state index in [2.05, 4.69) is 5.32 Å². The summed E-state index contributed by atoms with van der Waals surface area (Å²) in [7, 11) is 0. The molecular weight excluding hydrogens is 336 g/mol. The first-order valence-corrected chi connectivity index (χ1v) is 7.46. The van der Waals surface area contributed by atoms with Crippen molar-refractivity contribution in [1.82, 2.24) is 5.32 Å². The topological polar surface area (TPSA) is 141 Å². The van der Waals surface area contributed by atoms with Crippen LogP contribution in [0, 0.1) is 11.3 Å². The van der Waals surface area contributed by atoms with Gasteiger partial charge in [0.05, 0.1) is 12.1 Å². The van der Waals surface area contributed by atoms with Crippen molar-refractivity contribution >= 4 is 23.9 Å². The molecule has 1 aliphatic heterocycles. The summed E-state index contributed by atoms with van der Waals surface area (Å²) in [5.41, 5.74) is 0. The Bertz CT molecular complexity index is 585. The molecule has 1 N–H and O–H groups in total. The molecule has 25 heavy (non-hydrogen) atoms. The summed E-state index contributed by atoms with van der Waals surface area (Å²) in [6.45, 7) is 4.35. The van der Waals surface area contributed by atoms with Gasteiger partial charge in [-0.15, -0.1) is 0 Å². The standard InChI is InChI=1S/C15H20N2O8/c1-7(18)22-6-12-14(24-9(3)20)15(25-10(4)21)13(23-8(2)19)11(5-16)17-12/h11-15,17H,6H2,1-4H3/t11-,12-,13+,14-,15-/m1/s1. The minimum Gasteiger partial charge on any atom is -0.464 e. The Labute approximate surface area is 144 Å². The molecule has 0 bridgehead atoms. The maximum Gasteiger partial charge on any atom is 0.303 e. The molecule has 0 aliphatic carbocycles. The number of hydrogen-bond donors (Lipinski definition) is 1. The van der Waals surface area contributed by atoms with E-state index >= 15 is 0 Å². The van der Waals surface area contributed by atoms with E-state index in [1.165, 1.54) is 6.92 Å². The third-order valence-corrected chi connectivity index (χ3v) is 3.28. The largest absolute Gasteiger partial charge is 0.464 e. The summed E-state index contributed by atoms with van der Waals surface area (Å²) >= 11 is 0. The van der Waals surface area contributed by atoms with Gasteiger partial charge in [0.15, 0.2) is 18.3 Å². The van der Waals surface area contributed by atoms with Gasteiger partial charge in [-0.25, -0.2) is 0 Å². The zero-order valence-corrected chi connectivity index (χ0v) is 14.3. The van der Waals surface area contributed by atoms with Gasteiger partial charge in [0.1, 0.15) is 12.6 Å². The number of ether oxygens (including phenoxy) is 4. The van der Waals surface area contributed by atoms with E-state index in [4.69, 9.17) is 18.9 Å². The Hall–Kier alpha value is -2.67. The van der Waals surface area contributed by atoms with Crippen LogP contribution in [0.3, 0.4) is 0 Å².